The van der Waals surface area contributed by atoms with E-state index in [4.69, 9.17) is 0 Å². The smallest absolute Gasteiger partial charge is 0.308 e. The lowest BCUT2D eigenvalue weighted by Gasteiger charge is -2.22. The van der Waals surface area contributed by atoms with Crippen LogP contribution in [-0.2, 0) is 22.6 Å². The predicted octanol–water partition coefficient (Wildman–Crippen LogP) is 0.910. The van der Waals surface area contributed by atoms with Gasteiger partial charge in [0.1, 0.15) is 0 Å². The van der Waals surface area contributed by atoms with Gasteiger partial charge in [0.15, 0.2) is 0 Å². The predicted molar refractivity (Wildman–Crippen MR) is 71.0 cm³/mol. The van der Waals surface area contributed by atoms with Crippen molar-refractivity contribution in [3.05, 3.63) is 18.0 Å². The summed E-state index contributed by atoms with van der Waals surface area (Å²) < 4.78 is 1.79. The number of aromatic nitrogens is 2. The molecule has 2 saturated heterocycles. The minimum absolute atomic E-state index is 0.0163. The number of carbonyl (C=O) groups is 2. The average Bonchev–Trinajstić information content (AvgIpc) is 3.11. The van der Waals surface area contributed by atoms with Gasteiger partial charge in [0.05, 0.1) is 18.0 Å². The maximum absolute atomic E-state index is 12.4. The minimum atomic E-state index is -0.773. The van der Waals surface area contributed by atoms with Crippen LogP contribution in [0.1, 0.15) is 31.9 Å². The van der Waals surface area contributed by atoms with E-state index in [1.807, 2.05) is 24.1 Å². The molecule has 0 spiro atoms. The second-order valence-electron chi connectivity index (χ2n) is 5.62. The van der Waals surface area contributed by atoms with Gasteiger partial charge in [-0.25, -0.2) is 0 Å². The van der Waals surface area contributed by atoms with E-state index in [9.17, 15) is 14.7 Å². The van der Waals surface area contributed by atoms with E-state index in [1.165, 1.54) is 0 Å². The van der Waals surface area contributed by atoms with Crippen molar-refractivity contribution in [3.63, 3.8) is 0 Å². The molecular formula is C14H19N3O3. The topological polar surface area (TPSA) is 75.4 Å². The van der Waals surface area contributed by atoms with Crippen LogP contribution in [0.25, 0.3) is 0 Å². The Hall–Kier alpha value is -1.85. The zero-order valence-corrected chi connectivity index (χ0v) is 11.5. The highest BCUT2D eigenvalue weighted by Crippen LogP contribution is 2.42. The number of hydrogen-bond acceptors (Lipinski definition) is 3. The van der Waals surface area contributed by atoms with Crippen molar-refractivity contribution in [1.29, 1.82) is 0 Å². The minimum Gasteiger partial charge on any atom is -0.481 e. The molecule has 0 radical (unpaired) electrons. The zero-order chi connectivity index (χ0) is 14.3. The number of hydrogen-bond donors (Lipinski definition) is 1. The number of carboxylic acid groups (broad SMARTS) is 1. The number of rotatable bonds is 4. The van der Waals surface area contributed by atoms with Gasteiger partial charge in [-0.15, -0.1) is 0 Å². The Balaban J connectivity index is 1.70. The molecule has 3 unspecified atom stereocenters. The fraction of sp³-hybridized carbons (Fsp3) is 0.643. The third kappa shape index (κ3) is 2.09. The summed E-state index contributed by atoms with van der Waals surface area (Å²) in [6.45, 7) is 2.78. The molecule has 2 bridgehead atoms. The van der Waals surface area contributed by atoms with Gasteiger partial charge in [-0.2, -0.15) is 5.10 Å². The van der Waals surface area contributed by atoms with Crippen LogP contribution in [0, 0.1) is 5.92 Å². The second-order valence-corrected chi connectivity index (χ2v) is 5.62. The summed E-state index contributed by atoms with van der Waals surface area (Å²) in [6.07, 6.45) is 4.49. The third-order valence-electron chi connectivity index (χ3n) is 4.49. The Morgan fingerprint density at radius 2 is 2.25 bits per heavy atom. The lowest BCUT2D eigenvalue weighted by Crippen LogP contribution is -2.38. The number of fused-ring (bicyclic) bond motifs is 2. The maximum atomic E-state index is 12.4. The van der Waals surface area contributed by atoms with Gasteiger partial charge < -0.3 is 10.0 Å². The summed E-state index contributed by atoms with van der Waals surface area (Å²) in [5, 5.41) is 13.5. The molecule has 6 heteroatoms. The Morgan fingerprint density at radius 1 is 1.45 bits per heavy atom. The lowest BCUT2D eigenvalue weighted by molar-refractivity contribution is -0.143. The van der Waals surface area contributed by atoms with Gasteiger partial charge in [-0.05, 0) is 32.3 Å². The van der Waals surface area contributed by atoms with Gasteiger partial charge in [0.2, 0.25) is 5.91 Å². The highest BCUT2D eigenvalue weighted by Gasteiger charge is 2.51. The molecule has 3 heterocycles. The van der Waals surface area contributed by atoms with E-state index in [1.54, 1.807) is 4.68 Å². The number of aryl methyl sites for hydroxylation is 1. The summed E-state index contributed by atoms with van der Waals surface area (Å²) in [5.74, 6) is -1.14. The van der Waals surface area contributed by atoms with E-state index in [0.717, 1.165) is 25.1 Å². The SMILES string of the molecule is CCn1ccc(CC(=O)N2C3CCC2C(C(=O)O)C3)n1. The van der Waals surface area contributed by atoms with E-state index < -0.39 is 5.97 Å². The molecule has 0 saturated carbocycles. The first-order valence-corrected chi connectivity index (χ1v) is 7.16. The van der Waals surface area contributed by atoms with E-state index >= 15 is 0 Å². The Kier molecular flexibility index (Phi) is 3.23. The Morgan fingerprint density at radius 3 is 2.85 bits per heavy atom. The molecular weight excluding hydrogens is 258 g/mol. The van der Waals surface area contributed by atoms with E-state index in [2.05, 4.69) is 5.10 Å². The fourth-order valence-electron chi connectivity index (χ4n) is 3.56. The van der Waals surface area contributed by atoms with Crippen LogP contribution in [0.2, 0.25) is 0 Å². The van der Waals surface area contributed by atoms with Crippen molar-refractivity contribution < 1.29 is 14.7 Å². The molecule has 20 heavy (non-hydrogen) atoms. The second kappa shape index (κ2) is 4.92. The summed E-state index contributed by atoms with van der Waals surface area (Å²) in [6, 6.07) is 1.86. The van der Waals surface area contributed by atoms with Gasteiger partial charge in [-0.1, -0.05) is 0 Å². The van der Waals surface area contributed by atoms with Crippen molar-refractivity contribution in [2.75, 3.05) is 0 Å². The Bertz CT molecular complexity index is 540. The number of aliphatic carboxylic acids is 1. The normalized spacial score (nSPS) is 28.1. The van der Waals surface area contributed by atoms with Crippen molar-refractivity contribution in [2.45, 2.75) is 51.2 Å². The molecule has 2 aliphatic heterocycles. The average molecular weight is 277 g/mol. The van der Waals surface area contributed by atoms with E-state index in [0.29, 0.717) is 6.42 Å². The number of amides is 1. The Labute approximate surface area is 117 Å². The van der Waals surface area contributed by atoms with Crippen LogP contribution in [0.3, 0.4) is 0 Å². The molecule has 2 aliphatic rings. The van der Waals surface area contributed by atoms with Gasteiger partial charge in [0, 0.05) is 24.8 Å². The van der Waals surface area contributed by atoms with Crippen molar-refractivity contribution in [3.8, 4) is 0 Å². The number of nitrogens with zero attached hydrogens (tertiary/aromatic N) is 3. The molecule has 0 aromatic carbocycles. The molecule has 3 rings (SSSR count). The van der Waals surface area contributed by atoms with Crippen molar-refractivity contribution in [1.82, 2.24) is 14.7 Å². The third-order valence-corrected chi connectivity index (χ3v) is 4.49. The molecule has 1 amide bonds. The molecule has 6 nitrogen and oxygen atoms in total. The van der Waals surface area contributed by atoms with Gasteiger partial charge in [0.25, 0.3) is 0 Å². The van der Waals surface area contributed by atoms with Gasteiger partial charge >= 0.3 is 5.97 Å². The largest absolute Gasteiger partial charge is 0.481 e. The fourth-order valence-corrected chi connectivity index (χ4v) is 3.56. The van der Waals surface area contributed by atoms with Crippen LogP contribution in [0.4, 0.5) is 0 Å². The highest BCUT2D eigenvalue weighted by molar-refractivity contribution is 5.82. The van der Waals surface area contributed by atoms with Crippen LogP contribution >= 0.6 is 0 Å². The number of carboxylic acids is 1. The first kappa shape index (κ1) is 13.1. The van der Waals surface area contributed by atoms with Crippen LogP contribution in [0.5, 0.6) is 0 Å². The zero-order valence-electron chi connectivity index (χ0n) is 11.5. The number of carbonyl (C=O) groups excluding carboxylic acids is 1. The molecule has 108 valence electrons. The maximum Gasteiger partial charge on any atom is 0.308 e. The molecule has 1 N–H and O–H groups in total. The lowest BCUT2D eigenvalue weighted by atomic mass is 9.89. The van der Waals surface area contributed by atoms with Crippen LogP contribution in [0.15, 0.2) is 12.3 Å². The summed E-state index contributed by atoms with van der Waals surface area (Å²) in [4.78, 5) is 25.4. The standard InChI is InChI=1S/C14H19N3O3/c1-2-16-6-5-9(15-16)7-13(18)17-10-3-4-12(17)11(8-10)14(19)20/h5-6,10-12H,2-4,7-8H2,1H3,(H,19,20). The molecule has 1 aromatic heterocycles. The molecule has 0 aliphatic carbocycles. The summed E-state index contributed by atoms with van der Waals surface area (Å²) in [7, 11) is 0. The molecule has 2 fully saturated rings. The molecule has 3 atom stereocenters. The van der Waals surface area contributed by atoms with Crippen LogP contribution in [-0.4, -0.2) is 43.7 Å². The van der Waals surface area contributed by atoms with E-state index in [-0.39, 0.29) is 30.3 Å². The molecule has 1 aromatic rings. The van der Waals surface area contributed by atoms with Crippen molar-refractivity contribution in [2.24, 2.45) is 5.92 Å². The quantitative estimate of drug-likeness (QED) is 0.887. The van der Waals surface area contributed by atoms with Crippen LogP contribution < -0.4 is 0 Å². The van der Waals surface area contributed by atoms with Gasteiger partial charge in [-0.3, -0.25) is 14.3 Å². The summed E-state index contributed by atoms with van der Waals surface area (Å²) >= 11 is 0. The highest BCUT2D eigenvalue weighted by atomic mass is 16.4. The first-order valence-electron chi connectivity index (χ1n) is 7.16. The summed E-state index contributed by atoms with van der Waals surface area (Å²) in [5.41, 5.74) is 0.759. The van der Waals surface area contributed by atoms with Crippen molar-refractivity contribution >= 4 is 11.9 Å². The first-order chi connectivity index (χ1) is 9.60. The monoisotopic (exact) mass is 277 g/mol.